The molecule has 94 valence electrons. The summed E-state index contributed by atoms with van der Waals surface area (Å²) < 4.78 is 45.2. The van der Waals surface area contributed by atoms with Gasteiger partial charge in [-0.1, -0.05) is 13.3 Å². The van der Waals surface area contributed by atoms with Gasteiger partial charge in [0.25, 0.3) is 0 Å². The quantitative estimate of drug-likeness (QED) is 0.613. The monoisotopic (exact) mass is 254 g/mol. The first-order valence-corrected chi connectivity index (χ1v) is 5.21. The van der Waals surface area contributed by atoms with E-state index in [9.17, 15) is 13.2 Å². The zero-order chi connectivity index (χ0) is 13.7. The van der Waals surface area contributed by atoms with Gasteiger partial charge in [-0.3, -0.25) is 0 Å². The second kappa shape index (κ2) is 5.92. The maximum absolute atomic E-state index is 13.7. The second-order valence-corrected chi connectivity index (χ2v) is 3.45. The van der Waals surface area contributed by atoms with Gasteiger partial charge < -0.3 is 4.74 Å². The third-order valence-corrected chi connectivity index (χ3v) is 2.25. The van der Waals surface area contributed by atoms with Crippen LogP contribution in [0.1, 0.15) is 30.9 Å². The van der Waals surface area contributed by atoms with Crippen LogP contribution in [0.25, 0.3) is 0 Å². The fraction of sp³-hybridized carbons (Fsp3) is 0.333. The number of halogens is 3. The van der Waals surface area contributed by atoms with Gasteiger partial charge >= 0.3 is 0 Å². The predicted octanol–water partition coefficient (Wildman–Crippen LogP) is 3.03. The van der Waals surface area contributed by atoms with Gasteiger partial charge in [-0.2, -0.15) is 10.5 Å². The first-order valence-electron chi connectivity index (χ1n) is 5.21. The van der Waals surface area contributed by atoms with E-state index in [1.165, 1.54) is 12.1 Å². The van der Waals surface area contributed by atoms with Crippen LogP contribution in [0.15, 0.2) is 0 Å². The molecular weight excluding hydrogens is 245 g/mol. The van der Waals surface area contributed by atoms with Crippen LogP contribution in [0.3, 0.4) is 0 Å². The van der Waals surface area contributed by atoms with Gasteiger partial charge in [-0.05, 0) is 6.42 Å². The van der Waals surface area contributed by atoms with Crippen molar-refractivity contribution in [1.29, 1.82) is 10.5 Å². The zero-order valence-corrected chi connectivity index (χ0v) is 9.56. The molecule has 0 N–H and O–H groups in total. The van der Waals surface area contributed by atoms with Crippen molar-refractivity contribution < 1.29 is 17.9 Å². The molecule has 0 amide bonds. The molecule has 0 radical (unpaired) electrons. The van der Waals surface area contributed by atoms with Gasteiger partial charge in [0, 0.05) is 0 Å². The van der Waals surface area contributed by atoms with Crippen molar-refractivity contribution in [2.24, 2.45) is 0 Å². The van der Waals surface area contributed by atoms with Crippen LogP contribution in [0.5, 0.6) is 5.75 Å². The van der Waals surface area contributed by atoms with E-state index in [1.807, 2.05) is 6.92 Å². The Hall–Kier alpha value is -2.21. The highest BCUT2D eigenvalue weighted by molar-refractivity contribution is 5.51. The van der Waals surface area contributed by atoms with Crippen molar-refractivity contribution in [1.82, 2.24) is 0 Å². The first-order chi connectivity index (χ1) is 8.58. The largest absolute Gasteiger partial charge is 0.489 e. The van der Waals surface area contributed by atoms with E-state index in [4.69, 9.17) is 15.3 Å². The van der Waals surface area contributed by atoms with Crippen molar-refractivity contribution in [3.05, 3.63) is 28.6 Å². The molecule has 0 spiro atoms. The SMILES string of the molecule is CCCCOc1c(F)c(C#N)c(F)c(F)c1C#N. The molecule has 0 fully saturated rings. The molecular formula is C12H9F3N2O. The van der Waals surface area contributed by atoms with Gasteiger partial charge in [-0.15, -0.1) is 0 Å². The number of nitriles is 2. The average molecular weight is 254 g/mol. The molecule has 0 saturated heterocycles. The van der Waals surface area contributed by atoms with E-state index in [0.29, 0.717) is 6.42 Å². The molecule has 18 heavy (non-hydrogen) atoms. The summed E-state index contributed by atoms with van der Waals surface area (Å²) >= 11 is 0. The minimum Gasteiger partial charge on any atom is -0.489 e. The molecule has 6 heteroatoms. The van der Waals surface area contributed by atoms with Crippen molar-refractivity contribution in [3.8, 4) is 17.9 Å². The Labute approximate surface area is 102 Å². The minimum absolute atomic E-state index is 0.0536. The number of benzene rings is 1. The molecule has 0 bridgehead atoms. The highest BCUT2D eigenvalue weighted by Gasteiger charge is 2.26. The number of nitrogens with zero attached hydrogens (tertiary/aromatic N) is 2. The van der Waals surface area contributed by atoms with E-state index in [1.54, 1.807) is 0 Å². The Balaban J connectivity index is 3.36. The van der Waals surface area contributed by atoms with Crippen LogP contribution in [0, 0.1) is 40.1 Å². The molecule has 0 heterocycles. The van der Waals surface area contributed by atoms with E-state index < -0.39 is 34.3 Å². The van der Waals surface area contributed by atoms with Gasteiger partial charge in [0.15, 0.2) is 23.2 Å². The van der Waals surface area contributed by atoms with Gasteiger partial charge in [0.2, 0.25) is 0 Å². The lowest BCUT2D eigenvalue weighted by atomic mass is 10.1. The van der Waals surface area contributed by atoms with Crippen LogP contribution in [-0.4, -0.2) is 6.61 Å². The summed E-state index contributed by atoms with van der Waals surface area (Å²) in [5.41, 5.74) is -1.95. The molecule has 3 nitrogen and oxygen atoms in total. The summed E-state index contributed by atoms with van der Waals surface area (Å²) in [5.74, 6) is -5.29. The minimum atomic E-state index is -1.67. The smallest absolute Gasteiger partial charge is 0.187 e. The lowest BCUT2D eigenvalue weighted by Gasteiger charge is -2.10. The summed E-state index contributed by atoms with van der Waals surface area (Å²) in [6.07, 6.45) is 1.31. The van der Waals surface area contributed by atoms with Crippen LogP contribution in [0.4, 0.5) is 13.2 Å². The number of rotatable bonds is 4. The van der Waals surface area contributed by atoms with E-state index in [0.717, 1.165) is 6.42 Å². The van der Waals surface area contributed by atoms with Crippen LogP contribution in [-0.2, 0) is 0 Å². The Bertz CT molecular complexity index is 544. The van der Waals surface area contributed by atoms with Gasteiger partial charge in [-0.25, -0.2) is 13.2 Å². The molecule has 1 aromatic carbocycles. The molecule has 0 saturated carbocycles. The lowest BCUT2D eigenvalue weighted by molar-refractivity contribution is 0.288. The van der Waals surface area contributed by atoms with E-state index in [2.05, 4.69) is 0 Å². The Morgan fingerprint density at radius 2 is 1.56 bits per heavy atom. The third kappa shape index (κ3) is 2.38. The highest BCUT2D eigenvalue weighted by atomic mass is 19.2. The van der Waals surface area contributed by atoms with Crippen LogP contribution in [0.2, 0.25) is 0 Å². The molecule has 1 aromatic rings. The maximum atomic E-state index is 13.7. The van der Waals surface area contributed by atoms with E-state index >= 15 is 0 Å². The number of hydrogen-bond acceptors (Lipinski definition) is 3. The van der Waals surface area contributed by atoms with Crippen LogP contribution >= 0.6 is 0 Å². The van der Waals surface area contributed by atoms with E-state index in [-0.39, 0.29) is 6.61 Å². The summed E-state index contributed by atoms with van der Waals surface area (Å²) in [5, 5.41) is 17.2. The molecule has 1 rings (SSSR count). The van der Waals surface area contributed by atoms with Crippen molar-refractivity contribution in [3.63, 3.8) is 0 Å². The zero-order valence-electron chi connectivity index (χ0n) is 9.56. The molecule has 0 aliphatic heterocycles. The third-order valence-electron chi connectivity index (χ3n) is 2.25. The van der Waals surface area contributed by atoms with Crippen molar-refractivity contribution in [2.75, 3.05) is 6.61 Å². The van der Waals surface area contributed by atoms with Gasteiger partial charge in [0.05, 0.1) is 6.61 Å². The molecule has 0 atom stereocenters. The summed E-state index contributed by atoms with van der Waals surface area (Å²) in [4.78, 5) is 0. The Morgan fingerprint density at radius 3 is 2.06 bits per heavy atom. The topological polar surface area (TPSA) is 56.8 Å². The van der Waals surface area contributed by atoms with Crippen molar-refractivity contribution in [2.45, 2.75) is 19.8 Å². The second-order valence-electron chi connectivity index (χ2n) is 3.45. The standard InChI is InChI=1S/C12H9F3N2O/c1-2-3-4-18-12-8(6-17)10(14)9(13)7(5-16)11(12)15/h2-4H2,1H3. The summed E-state index contributed by atoms with van der Waals surface area (Å²) in [6.45, 7) is 1.91. The summed E-state index contributed by atoms with van der Waals surface area (Å²) in [6, 6.07) is 2.54. The molecule has 0 aliphatic carbocycles. The normalized spacial score (nSPS) is 9.67. The molecule has 0 aromatic heterocycles. The number of hydrogen-bond donors (Lipinski definition) is 0. The molecule has 0 aliphatic rings. The van der Waals surface area contributed by atoms with Crippen molar-refractivity contribution >= 4 is 0 Å². The van der Waals surface area contributed by atoms with Gasteiger partial charge in [0.1, 0.15) is 23.3 Å². The maximum Gasteiger partial charge on any atom is 0.187 e. The predicted molar refractivity (Wildman–Crippen MR) is 56.1 cm³/mol. The fourth-order valence-corrected chi connectivity index (χ4v) is 1.29. The number of ether oxygens (including phenoxy) is 1. The summed E-state index contributed by atoms with van der Waals surface area (Å²) in [7, 11) is 0. The van der Waals surface area contributed by atoms with Crippen LogP contribution < -0.4 is 4.74 Å². The Kier molecular flexibility index (Phi) is 4.56. The Morgan fingerprint density at radius 1 is 1.00 bits per heavy atom. The first kappa shape index (κ1) is 13.9. The lowest BCUT2D eigenvalue weighted by Crippen LogP contribution is -2.07. The molecule has 0 unspecified atom stereocenters. The fourth-order valence-electron chi connectivity index (χ4n) is 1.29. The number of unbranched alkanes of at least 4 members (excludes halogenated alkanes) is 1. The highest BCUT2D eigenvalue weighted by Crippen LogP contribution is 2.30. The average Bonchev–Trinajstić information content (AvgIpc) is 2.36.